The monoisotopic (exact) mass is 371 g/mol. The first-order valence-corrected chi connectivity index (χ1v) is 9.15. The number of sulfonamides is 1. The molecule has 0 radical (unpaired) electrons. The number of hydrogen-bond donors (Lipinski definition) is 1. The predicted octanol–water partition coefficient (Wildman–Crippen LogP) is 3.50. The number of nitrogens with zero attached hydrogens (tertiary/aromatic N) is 2. The summed E-state index contributed by atoms with van der Waals surface area (Å²) in [6.07, 6.45) is 0.502. The Morgan fingerprint density at radius 1 is 1.04 bits per heavy atom. The fourth-order valence-corrected chi connectivity index (χ4v) is 3.79. The maximum absolute atomic E-state index is 12.6. The molecule has 1 N–H and O–H groups in total. The summed E-state index contributed by atoms with van der Waals surface area (Å²) in [6, 6.07) is 5.10. The van der Waals surface area contributed by atoms with Crippen LogP contribution in [0.2, 0.25) is 0 Å². The summed E-state index contributed by atoms with van der Waals surface area (Å²) < 4.78 is 65.2. The van der Waals surface area contributed by atoms with E-state index in [1.165, 1.54) is 6.20 Å². The van der Waals surface area contributed by atoms with E-state index in [2.05, 4.69) is 9.71 Å². The van der Waals surface area contributed by atoms with Crippen LogP contribution in [-0.2, 0) is 16.2 Å². The zero-order valence-electron chi connectivity index (χ0n) is 13.1. The first-order valence-electron chi connectivity index (χ1n) is 7.66. The molecule has 0 aliphatic carbocycles. The highest BCUT2D eigenvalue weighted by Gasteiger charge is 2.30. The second-order valence-electron chi connectivity index (χ2n) is 5.71. The second kappa shape index (κ2) is 6.55. The molecule has 0 atom stereocenters. The highest BCUT2D eigenvalue weighted by atomic mass is 32.2. The molecule has 134 valence electrons. The lowest BCUT2D eigenvalue weighted by Gasteiger charge is -2.21. The zero-order valence-corrected chi connectivity index (χ0v) is 13.9. The van der Waals surface area contributed by atoms with Crippen molar-refractivity contribution in [1.29, 1.82) is 0 Å². The summed E-state index contributed by atoms with van der Waals surface area (Å²) in [4.78, 5) is 5.75. The summed E-state index contributed by atoms with van der Waals surface area (Å²) in [6.45, 7) is 1.64. The van der Waals surface area contributed by atoms with E-state index in [9.17, 15) is 21.6 Å². The molecular formula is C16H16F3N3O2S. The third-order valence-corrected chi connectivity index (χ3v) is 5.36. The third-order valence-electron chi connectivity index (χ3n) is 3.98. The van der Waals surface area contributed by atoms with Crippen molar-refractivity contribution in [2.24, 2.45) is 0 Å². The molecule has 25 heavy (non-hydrogen) atoms. The highest BCUT2D eigenvalue weighted by molar-refractivity contribution is 7.92. The molecule has 0 amide bonds. The number of rotatable bonds is 4. The SMILES string of the molecule is O=S(=O)(Nc1cnccc1N1CCCC1)c1ccc(C(F)(F)F)cc1. The van der Waals surface area contributed by atoms with Gasteiger partial charge in [-0.05, 0) is 43.2 Å². The van der Waals surface area contributed by atoms with Crippen LogP contribution in [0.3, 0.4) is 0 Å². The van der Waals surface area contributed by atoms with Gasteiger partial charge in [0, 0.05) is 19.3 Å². The largest absolute Gasteiger partial charge is 0.416 e. The van der Waals surface area contributed by atoms with Crippen molar-refractivity contribution >= 4 is 21.4 Å². The van der Waals surface area contributed by atoms with E-state index in [0.29, 0.717) is 11.4 Å². The summed E-state index contributed by atoms with van der Waals surface area (Å²) in [7, 11) is -4.01. The van der Waals surface area contributed by atoms with Gasteiger partial charge < -0.3 is 4.90 Å². The van der Waals surface area contributed by atoms with E-state index in [1.807, 2.05) is 4.90 Å². The van der Waals surface area contributed by atoms with Crippen molar-refractivity contribution in [3.05, 3.63) is 48.3 Å². The quantitative estimate of drug-likeness (QED) is 0.894. The number of hydrogen-bond acceptors (Lipinski definition) is 4. The van der Waals surface area contributed by atoms with Crippen LogP contribution in [0.25, 0.3) is 0 Å². The van der Waals surface area contributed by atoms with Gasteiger partial charge in [-0.15, -0.1) is 0 Å². The minimum absolute atomic E-state index is 0.239. The highest BCUT2D eigenvalue weighted by Crippen LogP contribution is 2.32. The molecule has 5 nitrogen and oxygen atoms in total. The van der Waals surface area contributed by atoms with E-state index in [-0.39, 0.29) is 4.90 Å². The average molecular weight is 371 g/mol. The van der Waals surface area contributed by atoms with E-state index < -0.39 is 21.8 Å². The fourth-order valence-electron chi connectivity index (χ4n) is 2.73. The first-order chi connectivity index (χ1) is 11.8. The van der Waals surface area contributed by atoms with Crippen molar-refractivity contribution in [3.63, 3.8) is 0 Å². The molecule has 1 aliphatic rings. The van der Waals surface area contributed by atoms with E-state index in [1.54, 1.807) is 12.3 Å². The van der Waals surface area contributed by atoms with Gasteiger partial charge in [0.15, 0.2) is 0 Å². The Morgan fingerprint density at radius 3 is 2.28 bits per heavy atom. The molecule has 0 unspecified atom stereocenters. The molecule has 1 aliphatic heterocycles. The van der Waals surface area contributed by atoms with Gasteiger partial charge in [0.2, 0.25) is 0 Å². The lowest BCUT2D eigenvalue weighted by Crippen LogP contribution is -2.21. The van der Waals surface area contributed by atoms with Gasteiger partial charge in [0.1, 0.15) is 0 Å². The first kappa shape index (κ1) is 17.5. The standard InChI is InChI=1S/C16H16F3N3O2S/c17-16(18,19)12-3-5-13(6-4-12)25(23,24)21-14-11-20-8-7-15(14)22-9-1-2-10-22/h3-8,11,21H,1-2,9-10H2. The number of aromatic nitrogens is 1. The normalized spacial score (nSPS) is 15.4. The van der Waals surface area contributed by atoms with Gasteiger partial charge in [0.05, 0.1) is 28.0 Å². The Balaban J connectivity index is 1.87. The van der Waals surface area contributed by atoms with Crippen molar-refractivity contribution < 1.29 is 21.6 Å². The van der Waals surface area contributed by atoms with E-state index in [4.69, 9.17) is 0 Å². The number of halogens is 3. The van der Waals surface area contributed by atoms with Crippen LogP contribution in [0.1, 0.15) is 18.4 Å². The second-order valence-corrected chi connectivity index (χ2v) is 7.40. The predicted molar refractivity (Wildman–Crippen MR) is 87.9 cm³/mol. The van der Waals surface area contributed by atoms with E-state index >= 15 is 0 Å². The number of nitrogens with one attached hydrogen (secondary N) is 1. The molecule has 3 rings (SSSR count). The van der Waals surface area contributed by atoms with Crippen LogP contribution < -0.4 is 9.62 Å². The molecule has 1 saturated heterocycles. The summed E-state index contributed by atoms with van der Waals surface area (Å²) in [5, 5.41) is 0. The van der Waals surface area contributed by atoms with Crippen molar-refractivity contribution in [3.8, 4) is 0 Å². The van der Waals surface area contributed by atoms with Gasteiger partial charge in [-0.25, -0.2) is 8.42 Å². The number of anilines is 2. The van der Waals surface area contributed by atoms with Crippen molar-refractivity contribution in [2.45, 2.75) is 23.9 Å². The van der Waals surface area contributed by atoms with Crippen LogP contribution in [0.5, 0.6) is 0 Å². The molecule has 0 bridgehead atoms. The maximum atomic E-state index is 12.6. The van der Waals surface area contributed by atoms with Crippen LogP contribution in [0.4, 0.5) is 24.5 Å². The van der Waals surface area contributed by atoms with Crippen LogP contribution in [0.15, 0.2) is 47.6 Å². The van der Waals surface area contributed by atoms with Gasteiger partial charge >= 0.3 is 6.18 Å². The van der Waals surface area contributed by atoms with Gasteiger partial charge in [-0.2, -0.15) is 13.2 Å². The minimum atomic E-state index is -4.51. The van der Waals surface area contributed by atoms with Crippen LogP contribution in [0, 0.1) is 0 Å². The lowest BCUT2D eigenvalue weighted by molar-refractivity contribution is -0.137. The smallest absolute Gasteiger partial charge is 0.370 e. The lowest BCUT2D eigenvalue weighted by atomic mass is 10.2. The Kier molecular flexibility index (Phi) is 4.59. The Morgan fingerprint density at radius 2 is 1.68 bits per heavy atom. The summed E-state index contributed by atoms with van der Waals surface area (Å²) in [5.41, 5.74) is 0.123. The van der Waals surface area contributed by atoms with E-state index in [0.717, 1.165) is 50.2 Å². The maximum Gasteiger partial charge on any atom is 0.416 e. The molecular weight excluding hydrogens is 355 g/mol. The molecule has 1 aromatic carbocycles. The summed E-state index contributed by atoms with van der Waals surface area (Å²) >= 11 is 0. The number of benzene rings is 1. The molecule has 0 spiro atoms. The Bertz CT molecular complexity index is 846. The van der Waals surface area contributed by atoms with Crippen LogP contribution in [-0.4, -0.2) is 26.5 Å². The number of alkyl halides is 3. The number of pyridine rings is 1. The zero-order chi connectivity index (χ0) is 18.1. The van der Waals surface area contributed by atoms with Crippen molar-refractivity contribution in [2.75, 3.05) is 22.7 Å². The van der Waals surface area contributed by atoms with Crippen LogP contribution >= 0.6 is 0 Å². The third kappa shape index (κ3) is 3.87. The molecule has 0 saturated carbocycles. The molecule has 9 heteroatoms. The molecule has 1 aromatic heterocycles. The van der Waals surface area contributed by atoms with Gasteiger partial charge in [-0.3, -0.25) is 9.71 Å². The van der Waals surface area contributed by atoms with Crippen molar-refractivity contribution in [1.82, 2.24) is 4.98 Å². The topological polar surface area (TPSA) is 62.3 Å². The molecule has 2 aromatic rings. The Hall–Kier alpha value is -2.29. The van der Waals surface area contributed by atoms with Gasteiger partial charge in [0.25, 0.3) is 10.0 Å². The Labute approximate surface area is 143 Å². The average Bonchev–Trinajstić information content (AvgIpc) is 3.09. The summed E-state index contributed by atoms with van der Waals surface area (Å²) in [5.74, 6) is 0. The molecule has 1 fully saturated rings. The van der Waals surface area contributed by atoms with Gasteiger partial charge in [-0.1, -0.05) is 0 Å². The molecule has 2 heterocycles. The fraction of sp³-hybridized carbons (Fsp3) is 0.312. The minimum Gasteiger partial charge on any atom is -0.370 e.